The van der Waals surface area contributed by atoms with E-state index >= 15 is 4.39 Å². The topological polar surface area (TPSA) is 103 Å². The van der Waals surface area contributed by atoms with Gasteiger partial charge in [-0.2, -0.15) is 15.1 Å². The number of benzene rings is 1. The van der Waals surface area contributed by atoms with Gasteiger partial charge in [-0.05, 0) is 58.0 Å². The third-order valence-electron chi connectivity index (χ3n) is 8.18. The van der Waals surface area contributed by atoms with E-state index in [2.05, 4.69) is 43.6 Å². The molecular formula is C29H33FN8O2. The van der Waals surface area contributed by atoms with Crippen LogP contribution in [-0.2, 0) is 4.79 Å². The lowest BCUT2D eigenvalue weighted by atomic mass is 10.00. The zero-order valence-electron chi connectivity index (χ0n) is 23.0. The summed E-state index contributed by atoms with van der Waals surface area (Å²) in [5.41, 5.74) is 2.71. The summed E-state index contributed by atoms with van der Waals surface area (Å²) in [5, 5.41) is 8.39. The van der Waals surface area contributed by atoms with Crippen LogP contribution in [0.15, 0.2) is 37.2 Å². The number of rotatable bonds is 6. The summed E-state index contributed by atoms with van der Waals surface area (Å²) >= 11 is 0. The minimum absolute atomic E-state index is 0.0748. The third-order valence-corrected chi connectivity index (χ3v) is 8.18. The summed E-state index contributed by atoms with van der Waals surface area (Å²) in [4.78, 5) is 32.3. The summed E-state index contributed by atoms with van der Waals surface area (Å²) < 4.78 is 22.6. The highest BCUT2D eigenvalue weighted by Crippen LogP contribution is 2.37. The van der Waals surface area contributed by atoms with Crippen LogP contribution in [0.3, 0.4) is 0 Å². The van der Waals surface area contributed by atoms with E-state index in [1.165, 1.54) is 6.08 Å². The second-order valence-corrected chi connectivity index (χ2v) is 10.7. The number of carbonyl (C=O) groups excluding carboxylic acids is 1. The predicted octanol–water partition coefficient (Wildman–Crippen LogP) is 3.71. The maximum Gasteiger partial charge on any atom is 0.319 e. The molecule has 2 fully saturated rings. The van der Waals surface area contributed by atoms with Crippen molar-refractivity contribution in [2.45, 2.75) is 38.8 Å². The summed E-state index contributed by atoms with van der Waals surface area (Å²) in [7, 11) is 2.08. The van der Waals surface area contributed by atoms with Crippen molar-refractivity contribution in [2.75, 3.05) is 44.7 Å². The molecule has 0 radical (unpaired) electrons. The summed E-state index contributed by atoms with van der Waals surface area (Å²) in [6, 6.07) is 4.16. The molecule has 2 atom stereocenters. The maximum atomic E-state index is 16.5. The molecule has 1 aromatic carbocycles. The first-order chi connectivity index (χ1) is 19.4. The molecule has 6 rings (SSSR count). The van der Waals surface area contributed by atoms with Crippen molar-refractivity contribution in [3.63, 3.8) is 0 Å². The number of aromatic nitrogens is 5. The molecule has 10 nitrogen and oxygen atoms in total. The molecule has 2 aliphatic rings. The van der Waals surface area contributed by atoms with Crippen molar-refractivity contribution in [1.82, 2.24) is 34.9 Å². The van der Waals surface area contributed by atoms with Gasteiger partial charge >= 0.3 is 6.01 Å². The van der Waals surface area contributed by atoms with Crippen LogP contribution in [0.5, 0.6) is 6.01 Å². The average Bonchev–Trinajstić information content (AvgIpc) is 3.60. The molecule has 3 aromatic heterocycles. The Balaban J connectivity index is 1.45. The van der Waals surface area contributed by atoms with Crippen LogP contribution < -0.4 is 9.64 Å². The second-order valence-electron chi connectivity index (χ2n) is 10.7. The normalized spacial score (nSPS) is 20.0. The lowest BCUT2D eigenvalue weighted by Gasteiger charge is -2.40. The highest BCUT2D eigenvalue weighted by molar-refractivity contribution is 5.99. The molecular weight excluding hydrogens is 511 g/mol. The van der Waals surface area contributed by atoms with Gasteiger partial charge in [0.05, 0.1) is 17.1 Å². The Hall–Kier alpha value is -4.12. The monoisotopic (exact) mass is 544 g/mol. The lowest BCUT2D eigenvalue weighted by Crippen LogP contribution is -2.53. The number of pyridine rings is 1. The van der Waals surface area contributed by atoms with Crippen LogP contribution in [0.4, 0.5) is 10.2 Å². The van der Waals surface area contributed by atoms with Crippen LogP contribution in [0, 0.1) is 12.7 Å². The summed E-state index contributed by atoms with van der Waals surface area (Å²) in [6.07, 6.45) is 6.81. The number of fused-ring (bicyclic) bond motifs is 2. The minimum Gasteiger partial charge on any atom is -0.462 e. The van der Waals surface area contributed by atoms with Crippen molar-refractivity contribution < 1.29 is 13.9 Å². The van der Waals surface area contributed by atoms with Gasteiger partial charge in [0.15, 0.2) is 5.82 Å². The number of likely N-dealkylation sites (tertiary alicyclic amines) is 1. The van der Waals surface area contributed by atoms with Crippen LogP contribution >= 0.6 is 0 Å². The molecule has 2 aliphatic heterocycles. The Morgan fingerprint density at radius 1 is 1.23 bits per heavy atom. The van der Waals surface area contributed by atoms with E-state index in [1.807, 2.05) is 26.0 Å². The first-order valence-electron chi connectivity index (χ1n) is 13.7. The van der Waals surface area contributed by atoms with Crippen LogP contribution in [-0.4, -0.2) is 92.8 Å². The molecule has 0 saturated carbocycles. The number of piperazine rings is 1. The Morgan fingerprint density at radius 2 is 2.08 bits per heavy atom. The number of carbonyl (C=O) groups is 1. The number of nitrogens with one attached hydrogen (secondary N) is 1. The Bertz CT molecular complexity index is 1600. The van der Waals surface area contributed by atoms with Crippen LogP contribution in [0.25, 0.3) is 33.1 Å². The van der Waals surface area contributed by atoms with E-state index in [4.69, 9.17) is 9.72 Å². The Kier molecular flexibility index (Phi) is 6.83. The summed E-state index contributed by atoms with van der Waals surface area (Å²) in [6.45, 7) is 10.5. The first-order valence-corrected chi connectivity index (χ1v) is 13.7. The molecule has 0 unspecified atom stereocenters. The zero-order chi connectivity index (χ0) is 28.0. The molecule has 5 heterocycles. The molecule has 11 heteroatoms. The smallest absolute Gasteiger partial charge is 0.319 e. The van der Waals surface area contributed by atoms with E-state index in [0.717, 1.165) is 35.9 Å². The van der Waals surface area contributed by atoms with E-state index in [1.54, 1.807) is 17.3 Å². The third kappa shape index (κ3) is 4.53. The Morgan fingerprint density at radius 3 is 2.83 bits per heavy atom. The van der Waals surface area contributed by atoms with Gasteiger partial charge in [0.1, 0.15) is 23.6 Å². The van der Waals surface area contributed by atoms with E-state index in [0.29, 0.717) is 43.0 Å². The number of hydrogen-bond acceptors (Lipinski definition) is 8. The minimum atomic E-state index is -0.533. The van der Waals surface area contributed by atoms with Crippen LogP contribution in [0.2, 0.25) is 0 Å². The van der Waals surface area contributed by atoms with Gasteiger partial charge in [-0.3, -0.25) is 14.9 Å². The summed E-state index contributed by atoms with van der Waals surface area (Å²) in [5.74, 6) is -0.0898. The Labute approximate surface area is 231 Å². The fraction of sp³-hybridized carbons (Fsp3) is 0.414. The molecule has 4 aromatic rings. The van der Waals surface area contributed by atoms with E-state index < -0.39 is 5.82 Å². The van der Waals surface area contributed by atoms with Gasteiger partial charge in [-0.15, -0.1) is 0 Å². The number of hydrogen-bond donors (Lipinski definition) is 1. The number of anilines is 1. The molecule has 208 valence electrons. The highest BCUT2D eigenvalue weighted by atomic mass is 19.1. The fourth-order valence-electron chi connectivity index (χ4n) is 5.88. The number of H-pyrrole nitrogens is 1. The number of nitrogens with zero attached hydrogens (tertiary/aromatic N) is 7. The molecule has 1 amide bonds. The maximum absolute atomic E-state index is 16.5. The molecule has 0 spiro atoms. The second kappa shape index (κ2) is 10.5. The van der Waals surface area contributed by atoms with Crippen molar-refractivity contribution in [2.24, 2.45) is 0 Å². The van der Waals surface area contributed by atoms with Crippen molar-refractivity contribution in [3.8, 4) is 17.3 Å². The largest absolute Gasteiger partial charge is 0.462 e. The number of amides is 1. The number of aromatic amines is 1. The molecule has 2 saturated heterocycles. The SMILES string of the molecule is C=CC(=O)N1CCN(c2nc(OC[C@@H]3CCCN3C)nc3c(F)c(-c4c(C)ccc5[nH]ncc45)ncc23)[C@@H](C)C1. The number of ether oxygens (including phenoxy) is 1. The van der Waals surface area contributed by atoms with Crippen molar-refractivity contribution >= 4 is 33.5 Å². The van der Waals surface area contributed by atoms with E-state index in [-0.39, 0.29) is 35.2 Å². The van der Waals surface area contributed by atoms with Gasteiger partial charge in [-0.25, -0.2) is 4.39 Å². The first kappa shape index (κ1) is 26.1. The van der Waals surface area contributed by atoms with Gasteiger partial charge in [0.25, 0.3) is 0 Å². The van der Waals surface area contributed by atoms with Crippen molar-refractivity contribution in [3.05, 3.63) is 48.6 Å². The molecule has 0 aliphatic carbocycles. The van der Waals surface area contributed by atoms with Gasteiger partial charge in [0, 0.05) is 48.9 Å². The molecule has 1 N–H and O–H groups in total. The quantitative estimate of drug-likeness (QED) is 0.367. The van der Waals surface area contributed by atoms with Gasteiger partial charge < -0.3 is 19.4 Å². The van der Waals surface area contributed by atoms with Crippen LogP contribution in [0.1, 0.15) is 25.3 Å². The molecule has 0 bridgehead atoms. The average molecular weight is 545 g/mol. The standard InChI is InChI=1S/C29H33FN8O2/c1-5-23(39)37-11-12-38(18(3)15-37)28-21-13-31-27(24-17(2)8-9-22-20(24)14-32-35-22)25(30)26(21)33-29(34-28)40-16-19-7-6-10-36(19)4/h5,8-9,13-14,18-19H,1,6-7,10-12,15-16H2,2-4H3,(H,32,35)/t18-,19-/m0/s1. The number of halogens is 1. The lowest BCUT2D eigenvalue weighted by molar-refractivity contribution is -0.126. The fourth-order valence-corrected chi connectivity index (χ4v) is 5.88. The van der Waals surface area contributed by atoms with E-state index in [9.17, 15) is 4.79 Å². The highest BCUT2D eigenvalue weighted by Gasteiger charge is 2.30. The number of aryl methyl sites for hydroxylation is 1. The van der Waals surface area contributed by atoms with Crippen molar-refractivity contribution in [1.29, 1.82) is 0 Å². The number of likely N-dealkylation sites (N-methyl/N-ethyl adjacent to an activating group) is 1. The van der Waals surface area contributed by atoms with Gasteiger partial charge in [0.2, 0.25) is 5.91 Å². The zero-order valence-corrected chi connectivity index (χ0v) is 23.0. The molecule has 40 heavy (non-hydrogen) atoms. The van der Waals surface area contributed by atoms with Gasteiger partial charge in [-0.1, -0.05) is 12.6 Å². The predicted molar refractivity (Wildman–Crippen MR) is 152 cm³/mol.